The summed E-state index contributed by atoms with van der Waals surface area (Å²) in [5.41, 5.74) is 1.13. The van der Waals surface area contributed by atoms with Gasteiger partial charge in [0.15, 0.2) is 5.82 Å². The molecule has 8 heteroatoms. The Bertz CT molecular complexity index is 940. The average Bonchev–Trinajstić information content (AvgIpc) is 3.23. The van der Waals surface area contributed by atoms with Crippen molar-refractivity contribution in [2.24, 2.45) is 0 Å². The van der Waals surface area contributed by atoms with Crippen molar-refractivity contribution >= 4 is 11.5 Å². The summed E-state index contributed by atoms with van der Waals surface area (Å²) >= 11 is 0. The van der Waals surface area contributed by atoms with E-state index < -0.39 is 5.82 Å². The quantitative estimate of drug-likeness (QED) is 0.720. The van der Waals surface area contributed by atoms with Crippen LogP contribution in [0.3, 0.4) is 0 Å². The number of hydrogen-bond donors (Lipinski definition) is 0. The van der Waals surface area contributed by atoms with Gasteiger partial charge in [0.2, 0.25) is 0 Å². The van der Waals surface area contributed by atoms with Crippen LogP contribution >= 0.6 is 0 Å². The number of anilines is 2. The maximum Gasteiger partial charge on any atom is 0.158 e. The maximum absolute atomic E-state index is 13.3. The number of nitrogens with zero attached hydrogens (tertiary/aromatic N) is 7. The van der Waals surface area contributed by atoms with Crippen LogP contribution in [0.15, 0.2) is 49.1 Å². The molecule has 1 fully saturated rings. The van der Waals surface area contributed by atoms with Crippen molar-refractivity contribution < 1.29 is 4.39 Å². The maximum atomic E-state index is 13.3. The molecule has 0 unspecified atom stereocenters. The van der Waals surface area contributed by atoms with Gasteiger partial charge in [0, 0.05) is 44.6 Å². The Morgan fingerprint density at radius 2 is 1.77 bits per heavy atom. The molecule has 0 saturated carbocycles. The lowest BCUT2D eigenvalue weighted by molar-refractivity contribution is 0.623. The summed E-state index contributed by atoms with van der Waals surface area (Å²) in [5.74, 6) is 1.16. The highest BCUT2D eigenvalue weighted by Crippen LogP contribution is 2.24. The minimum atomic E-state index is -0.393. The van der Waals surface area contributed by atoms with E-state index >= 15 is 0 Å². The van der Waals surface area contributed by atoms with Gasteiger partial charge in [0.25, 0.3) is 0 Å². The highest BCUT2D eigenvalue weighted by atomic mass is 19.1. The standard InChI is InChI=1S/C18H16FN7/c19-15-2-3-16(14(10-15)12-20)24-6-8-25(9-7-24)17-11-18(22-13-21-17)26-5-1-4-23-26/h1-5,10-11,13H,6-9H2. The summed E-state index contributed by atoms with van der Waals surface area (Å²) in [5, 5.41) is 13.4. The molecule has 0 amide bonds. The topological polar surface area (TPSA) is 73.9 Å². The minimum Gasteiger partial charge on any atom is -0.367 e. The third-order valence-corrected chi connectivity index (χ3v) is 4.40. The highest BCUT2D eigenvalue weighted by Gasteiger charge is 2.21. The van der Waals surface area contributed by atoms with Crippen molar-refractivity contribution in [3.8, 4) is 11.9 Å². The fourth-order valence-corrected chi connectivity index (χ4v) is 3.09. The molecule has 130 valence electrons. The van der Waals surface area contributed by atoms with Crippen LogP contribution in [-0.2, 0) is 0 Å². The fraction of sp³-hybridized carbons (Fsp3) is 0.222. The Labute approximate surface area is 149 Å². The van der Waals surface area contributed by atoms with Gasteiger partial charge in [0.1, 0.15) is 24.0 Å². The Morgan fingerprint density at radius 3 is 2.50 bits per heavy atom. The molecule has 1 aromatic carbocycles. The van der Waals surface area contributed by atoms with Crippen LogP contribution in [0.4, 0.5) is 15.9 Å². The van der Waals surface area contributed by atoms with Crippen molar-refractivity contribution in [3.05, 3.63) is 60.4 Å². The molecule has 0 atom stereocenters. The van der Waals surface area contributed by atoms with E-state index in [1.54, 1.807) is 16.9 Å². The number of piperazine rings is 1. The number of halogens is 1. The third-order valence-electron chi connectivity index (χ3n) is 4.40. The van der Waals surface area contributed by atoms with Gasteiger partial charge in [-0.05, 0) is 24.3 Å². The molecule has 3 heterocycles. The first-order valence-corrected chi connectivity index (χ1v) is 8.26. The van der Waals surface area contributed by atoms with E-state index in [9.17, 15) is 9.65 Å². The lowest BCUT2D eigenvalue weighted by atomic mass is 10.1. The molecule has 0 bridgehead atoms. The second-order valence-corrected chi connectivity index (χ2v) is 5.93. The van der Waals surface area contributed by atoms with Gasteiger partial charge in [-0.15, -0.1) is 0 Å². The molecule has 0 aliphatic carbocycles. The zero-order valence-corrected chi connectivity index (χ0v) is 14.0. The zero-order valence-electron chi connectivity index (χ0n) is 14.0. The second-order valence-electron chi connectivity index (χ2n) is 5.93. The molecular formula is C18H16FN7. The molecule has 1 saturated heterocycles. The summed E-state index contributed by atoms with van der Waals surface area (Å²) in [6.07, 6.45) is 5.07. The van der Waals surface area contributed by atoms with E-state index in [0.717, 1.165) is 37.7 Å². The first-order chi connectivity index (χ1) is 12.7. The SMILES string of the molecule is N#Cc1cc(F)ccc1N1CCN(c2cc(-n3cccn3)ncn2)CC1. The Hall–Kier alpha value is -3.47. The molecule has 2 aromatic heterocycles. The monoisotopic (exact) mass is 349 g/mol. The Kier molecular flexibility index (Phi) is 4.19. The first kappa shape index (κ1) is 16.0. The number of hydrogen-bond acceptors (Lipinski definition) is 6. The van der Waals surface area contributed by atoms with Crippen LogP contribution in [0.2, 0.25) is 0 Å². The van der Waals surface area contributed by atoms with E-state index in [0.29, 0.717) is 11.4 Å². The van der Waals surface area contributed by atoms with Gasteiger partial charge >= 0.3 is 0 Å². The summed E-state index contributed by atoms with van der Waals surface area (Å²) in [6, 6.07) is 10.2. The van der Waals surface area contributed by atoms with Crippen molar-refractivity contribution in [3.63, 3.8) is 0 Å². The molecular weight excluding hydrogens is 333 g/mol. The van der Waals surface area contributed by atoms with Crippen LogP contribution in [0.1, 0.15) is 5.56 Å². The number of nitriles is 1. The van der Waals surface area contributed by atoms with Gasteiger partial charge in [0.05, 0.1) is 11.3 Å². The van der Waals surface area contributed by atoms with Crippen molar-refractivity contribution in [1.82, 2.24) is 19.7 Å². The smallest absolute Gasteiger partial charge is 0.158 e. The number of aromatic nitrogens is 4. The molecule has 0 spiro atoms. The molecule has 0 N–H and O–H groups in total. The Morgan fingerprint density at radius 1 is 1.00 bits per heavy atom. The molecule has 7 nitrogen and oxygen atoms in total. The number of rotatable bonds is 3. The fourth-order valence-electron chi connectivity index (χ4n) is 3.09. The summed E-state index contributed by atoms with van der Waals surface area (Å²) in [6.45, 7) is 2.94. The van der Waals surface area contributed by atoms with E-state index in [-0.39, 0.29) is 0 Å². The summed E-state index contributed by atoms with van der Waals surface area (Å²) < 4.78 is 15.0. The zero-order chi connectivity index (χ0) is 17.9. The van der Waals surface area contributed by atoms with E-state index in [2.05, 4.69) is 30.9 Å². The average molecular weight is 349 g/mol. The van der Waals surface area contributed by atoms with Gasteiger partial charge < -0.3 is 9.80 Å². The van der Waals surface area contributed by atoms with Crippen molar-refractivity contribution in [2.75, 3.05) is 36.0 Å². The molecule has 4 rings (SSSR count). The predicted molar refractivity (Wildman–Crippen MR) is 94.7 cm³/mol. The molecule has 1 aliphatic rings. The predicted octanol–water partition coefficient (Wildman–Crippen LogP) is 2.00. The van der Waals surface area contributed by atoms with Crippen LogP contribution in [0, 0.1) is 17.1 Å². The highest BCUT2D eigenvalue weighted by molar-refractivity contribution is 5.60. The molecule has 0 radical (unpaired) electrons. The van der Waals surface area contributed by atoms with Gasteiger partial charge in [-0.2, -0.15) is 10.4 Å². The molecule has 26 heavy (non-hydrogen) atoms. The van der Waals surface area contributed by atoms with E-state index in [1.807, 2.05) is 18.3 Å². The van der Waals surface area contributed by atoms with Gasteiger partial charge in [-0.1, -0.05) is 0 Å². The van der Waals surface area contributed by atoms with E-state index in [4.69, 9.17) is 0 Å². The second kappa shape index (κ2) is 6.80. The largest absolute Gasteiger partial charge is 0.367 e. The first-order valence-electron chi connectivity index (χ1n) is 8.26. The van der Waals surface area contributed by atoms with Gasteiger partial charge in [-0.25, -0.2) is 19.0 Å². The normalized spacial score (nSPS) is 14.3. The van der Waals surface area contributed by atoms with Crippen molar-refractivity contribution in [1.29, 1.82) is 5.26 Å². The van der Waals surface area contributed by atoms with Crippen LogP contribution in [0.25, 0.3) is 5.82 Å². The molecule has 3 aromatic rings. The van der Waals surface area contributed by atoms with E-state index in [1.165, 1.54) is 18.5 Å². The van der Waals surface area contributed by atoms with Crippen LogP contribution in [-0.4, -0.2) is 45.9 Å². The van der Waals surface area contributed by atoms with Crippen LogP contribution in [0.5, 0.6) is 0 Å². The van der Waals surface area contributed by atoms with Gasteiger partial charge in [-0.3, -0.25) is 0 Å². The molecule has 1 aliphatic heterocycles. The van der Waals surface area contributed by atoms with Crippen LogP contribution < -0.4 is 9.80 Å². The minimum absolute atomic E-state index is 0.362. The Balaban J connectivity index is 1.49. The number of benzene rings is 1. The van der Waals surface area contributed by atoms with Crippen molar-refractivity contribution in [2.45, 2.75) is 0 Å². The summed E-state index contributed by atoms with van der Waals surface area (Å²) in [4.78, 5) is 12.9. The lowest BCUT2D eigenvalue weighted by Crippen LogP contribution is -2.47. The lowest BCUT2D eigenvalue weighted by Gasteiger charge is -2.37. The summed E-state index contributed by atoms with van der Waals surface area (Å²) in [7, 11) is 0. The third kappa shape index (κ3) is 3.07.